The van der Waals surface area contributed by atoms with E-state index in [0.29, 0.717) is 12.5 Å². The van der Waals surface area contributed by atoms with Crippen LogP contribution in [0.4, 0.5) is 0 Å². The van der Waals surface area contributed by atoms with Crippen LogP contribution in [0, 0.1) is 12.8 Å². The van der Waals surface area contributed by atoms with Crippen molar-refractivity contribution in [2.24, 2.45) is 5.92 Å². The molecule has 1 N–H and O–H groups in total. The summed E-state index contributed by atoms with van der Waals surface area (Å²) < 4.78 is 1.06. The van der Waals surface area contributed by atoms with Crippen LogP contribution in [0.5, 0.6) is 0 Å². The molecule has 0 bridgehead atoms. The quantitative estimate of drug-likeness (QED) is 0.926. The first-order valence-corrected chi connectivity index (χ1v) is 7.74. The molecule has 2 atom stereocenters. The Hall–Kier alpha value is -1.75. The lowest BCUT2D eigenvalue weighted by atomic mass is 10.1. The van der Waals surface area contributed by atoms with Gasteiger partial charge in [0.25, 0.3) is 0 Å². The van der Waals surface area contributed by atoms with E-state index in [1.54, 1.807) is 6.20 Å². The zero-order chi connectivity index (χ0) is 14.8. The number of hydrogen-bond donors (Lipinski definition) is 1. The number of nitrogens with one attached hydrogen (secondary N) is 1. The fourth-order valence-corrected chi connectivity index (χ4v) is 2.74. The number of benzene rings is 1. The van der Waals surface area contributed by atoms with Crippen molar-refractivity contribution >= 4 is 21.8 Å². The Labute approximate surface area is 132 Å². The maximum Gasteiger partial charge on any atom is 0.224 e. The number of rotatable bonds is 4. The van der Waals surface area contributed by atoms with Gasteiger partial charge in [-0.05, 0) is 43.0 Å². The van der Waals surface area contributed by atoms with Crippen LogP contribution in [0.15, 0.2) is 41.0 Å². The van der Waals surface area contributed by atoms with Crippen molar-refractivity contribution in [3.05, 3.63) is 58.1 Å². The minimum Gasteiger partial charge on any atom is -0.350 e. The summed E-state index contributed by atoms with van der Waals surface area (Å²) in [4.78, 5) is 20.5. The molecular formula is C16H16BrN3O. The van der Waals surface area contributed by atoms with Crippen LogP contribution in [0.1, 0.15) is 29.4 Å². The molecule has 108 valence electrons. The summed E-state index contributed by atoms with van der Waals surface area (Å²) in [5.74, 6) is 1.28. The van der Waals surface area contributed by atoms with Gasteiger partial charge in [-0.25, -0.2) is 9.97 Å². The van der Waals surface area contributed by atoms with Crippen molar-refractivity contribution in [3.8, 4) is 0 Å². The molecule has 1 heterocycles. The summed E-state index contributed by atoms with van der Waals surface area (Å²) in [6, 6.07) is 10.0. The van der Waals surface area contributed by atoms with Crippen molar-refractivity contribution in [1.82, 2.24) is 15.3 Å². The number of carbonyl (C=O) groups is 1. The van der Waals surface area contributed by atoms with Gasteiger partial charge in [-0.2, -0.15) is 0 Å². The Bertz CT molecular complexity index is 657. The highest BCUT2D eigenvalue weighted by Crippen LogP contribution is 2.47. The van der Waals surface area contributed by atoms with E-state index in [4.69, 9.17) is 0 Å². The Morgan fingerprint density at radius 2 is 2.10 bits per heavy atom. The van der Waals surface area contributed by atoms with E-state index in [1.807, 2.05) is 25.1 Å². The van der Waals surface area contributed by atoms with E-state index >= 15 is 0 Å². The first-order chi connectivity index (χ1) is 10.1. The maximum absolute atomic E-state index is 12.2. The van der Waals surface area contributed by atoms with Crippen LogP contribution in [0.2, 0.25) is 0 Å². The number of hydrogen-bond acceptors (Lipinski definition) is 3. The molecule has 1 aromatic heterocycles. The van der Waals surface area contributed by atoms with Crippen molar-refractivity contribution < 1.29 is 4.79 Å². The average Bonchev–Trinajstić information content (AvgIpc) is 3.26. The van der Waals surface area contributed by atoms with Crippen LogP contribution >= 0.6 is 15.9 Å². The highest BCUT2D eigenvalue weighted by atomic mass is 79.9. The van der Waals surface area contributed by atoms with Gasteiger partial charge in [-0.15, -0.1) is 0 Å². The standard InChI is InChI=1S/C16H16BrN3O/c1-10-18-7-6-13(20-10)9-19-16(21)15-8-14(15)11-2-4-12(17)5-3-11/h2-7,14-15H,8-9H2,1H3,(H,19,21)/t14-,15+/m1/s1. The molecule has 3 rings (SSSR count). The van der Waals surface area contributed by atoms with Gasteiger partial charge in [0, 0.05) is 16.6 Å². The third-order valence-electron chi connectivity index (χ3n) is 3.70. The van der Waals surface area contributed by atoms with Crippen molar-refractivity contribution in [2.45, 2.75) is 25.8 Å². The fraction of sp³-hybridized carbons (Fsp3) is 0.312. The molecule has 0 aliphatic heterocycles. The molecule has 0 spiro atoms. The molecule has 4 nitrogen and oxygen atoms in total. The highest BCUT2D eigenvalue weighted by Gasteiger charge is 2.43. The average molecular weight is 346 g/mol. The largest absolute Gasteiger partial charge is 0.350 e. The smallest absolute Gasteiger partial charge is 0.224 e. The highest BCUT2D eigenvalue weighted by molar-refractivity contribution is 9.10. The monoisotopic (exact) mass is 345 g/mol. The topological polar surface area (TPSA) is 54.9 Å². The molecular weight excluding hydrogens is 330 g/mol. The third-order valence-corrected chi connectivity index (χ3v) is 4.23. The number of aromatic nitrogens is 2. The van der Waals surface area contributed by atoms with Crippen LogP contribution in [-0.2, 0) is 11.3 Å². The van der Waals surface area contributed by atoms with Gasteiger partial charge < -0.3 is 5.32 Å². The fourth-order valence-electron chi connectivity index (χ4n) is 2.48. The second-order valence-corrected chi connectivity index (χ2v) is 6.23. The molecule has 1 aliphatic carbocycles. The number of aryl methyl sites for hydroxylation is 1. The van der Waals surface area contributed by atoms with E-state index < -0.39 is 0 Å². The summed E-state index contributed by atoms with van der Waals surface area (Å²) in [6.45, 7) is 2.31. The summed E-state index contributed by atoms with van der Waals surface area (Å²) in [5, 5.41) is 2.96. The zero-order valence-electron chi connectivity index (χ0n) is 11.7. The maximum atomic E-state index is 12.2. The summed E-state index contributed by atoms with van der Waals surface area (Å²) in [5.41, 5.74) is 2.08. The van der Waals surface area contributed by atoms with Crippen LogP contribution in [-0.4, -0.2) is 15.9 Å². The first-order valence-electron chi connectivity index (χ1n) is 6.95. The van der Waals surface area contributed by atoms with Crippen LogP contribution in [0.3, 0.4) is 0 Å². The molecule has 0 unspecified atom stereocenters. The molecule has 0 saturated heterocycles. The number of halogens is 1. The molecule has 1 fully saturated rings. The van der Waals surface area contributed by atoms with Gasteiger partial charge >= 0.3 is 0 Å². The molecule has 1 aromatic carbocycles. The zero-order valence-corrected chi connectivity index (χ0v) is 13.3. The lowest BCUT2D eigenvalue weighted by molar-refractivity contribution is -0.122. The van der Waals surface area contributed by atoms with Crippen molar-refractivity contribution in [1.29, 1.82) is 0 Å². The lowest BCUT2D eigenvalue weighted by Gasteiger charge is -2.05. The van der Waals surface area contributed by atoms with Gasteiger partial charge in [-0.1, -0.05) is 28.1 Å². The molecule has 0 radical (unpaired) electrons. The summed E-state index contributed by atoms with van der Waals surface area (Å²) in [7, 11) is 0. The van der Waals surface area contributed by atoms with Gasteiger partial charge in [-0.3, -0.25) is 4.79 Å². The van der Waals surface area contributed by atoms with Gasteiger partial charge in [0.2, 0.25) is 5.91 Å². The summed E-state index contributed by atoms with van der Waals surface area (Å²) >= 11 is 3.42. The molecule has 2 aromatic rings. The van der Waals surface area contributed by atoms with Crippen LogP contribution in [0.25, 0.3) is 0 Å². The molecule has 21 heavy (non-hydrogen) atoms. The minimum absolute atomic E-state index is 0.0918. The third kappa shape index (κ3) is 3.47. The second-order valence-electron chi connectivity index (χ2n) is 5.31. The SMILES string of the molecule is Cc1nccc(CNC(=O)[C@H]2C[C@@H]2c2ccc(Br)cc2)n1. The van der Waals surface area contributed by atoms with E-state index in [1.165, 1.54) is 5.56 Å². The van der Waals surface area contributed by atoms with E-state index in [0.717, 1.165) is 22.4 Å². The first kappa shape index (κ1) is 14.2. The van der Waals surface area contributed by atoms with Gasteiger partial charge in [0.15, 0.2) is 0 Å². The normalized spacial score (nSPS) is 20.1. The number of nitrogens with zero attached hydrogens (tertiary/aromatic N) is 2. The Morgan fingerprint density at radius 3 is 2.81 bits per heavy atom. The van der Waals surface area contributed by atoms with E-state index in [2.05, 4.69) is 43.3 Å². The Morgan fingerprint density at radius 1 is 1.33 bits per heavy atom. The Kier molecular flexibility index (Phi) is 4.01. The van der Waals surface area contributed by atoms with Crippen molar-refractivity contribution in [2.75, 3.05) is 0 Å². The lowest BCUT2D eigenvalue weighted by Crippen LogP contribution is -2.25. The Balaban J connectivity index is 1.54. The van der Waals surface area contributed by atoms with Crippen molar-refractivity contribution in [3.63, 3.8) is 0 Å². The predicted molar refractivity (Wildman–Crippen MR) is 83.6 cm³/mol. The van der Waals surface area contributed by atoms with Gasteiger partial charge in [0.05, 0.1) is 12.2 Å². The molecule has 1 saturated carbocycles. The summed E-state index contributed by atoms with van der Waals surface area (Å²) in [6.07, 6.45) is 2.64. The predicted octanol–water partition coefficient (Wildman–Crippen LogP) is 2.97. The van der Waals surface area contributed by atoms with Crippen LogP contribution < -0.4 is 5.32 Å². The van der Waals surface area contributed by atoms with E-state index in [9.17, 15) is 4.79 Å². The van der Waals surface area contributed by atoms with Gasteiger partial charge in [0.1, 0.15) is 5.82 Å². The molecule has 1 amide bonds. The molecule has 1 aliphatic rings. The molecule has 5 heteroatoms. The van der Waals surface area contributed by atoms with E-state index in [-0.39, 0.29) is 11.8 Å². The number of amides is 1. The minimum atomic E-state index is 0.0918. The second kappa shape index (κ2) is 5.93. The number of carbonyl (C=O) groups excluding carboxylic acids is 1.